The highest BCUT2D eigenvalue weighted by atomic mass is 16.7. The van der Waals surface area contributed by atoms with Crippen molar-refractivity contribution in [1.29, 1.82) is 0 Å². The number of hydrogen-bond donors (Lipinski definition) is 2. The van der Waals surface area contributed by atoms with Crippen molar-refractivity contribution in [2.45, 2.75) is 26.2 Å². The third-order valence-corrected chi connectivity index (χ3v) is 2.36. The summed E-state index contributed by atoms with van der Waals surface area (Å²) in [6.45, 7) is 3.65. The molecule has 0 aliphatic heterocycles. The van der Waals surface area contributed by atoms with Crippen molar-refractivity contribution in [3.05, 3.63) is 23.9 Å². The summed E-state index contributed by atoms with van der Waals surface area (Å²) in [7, 11) is 3.04. The van der Waals surface area contributed by atoms with Crippen molar-refractivity contribution in [2.24, 2.45) is 0 Å². The van der Waals surface area contributed by atoms with Gasteiger partial charge in [0.2, 0.25) is 0 Å². The number of carbonyl (C=O) groups is 1. The number of carbonyl (C=O) groups excluding carboxylic acids is 1. The molecule has 0 saturated heterocycles. The Morgan fingerprint density at radius 2 is 2.00 bits per heavy atom. The zero-order valence-corrected chi connectivity index (χ0v) is 11.1. The number of nitrogens with one attached hydrogen (secondary N) is 2. The minimum Gasteiger partial charge on any atom is -0.354 e. The number of hydrogen-bond acceptors (Lipinski definition) is 4. The van der Waals surface area contributed by atoms with Crippen molar-refractivity contribution in [2.75, 3.05) is 19.5 Å². The number of anilines is 1. The molecule has 0 unspecified atom stereocenters. The van der Waals surface area contributed by atoms with Crippen LogP contribution >= 0.6 is 0 Å². The summed E-state index contributed by atoms with van der Waals surface area (Å²) in [5.41, 5.74) is 0.840. The molecule has 2 amide bonds. The number of aromatic nitrogens is 1. The van der Waals surface area contributed by atoms with E-state index in [4.69, 9.17) is 9.47 Å². The van der Waals surface area contributed by atoms with Gasteiger partial charge in [0.15, 0.2) is 6.29 Å². The molecule has 0 fully saturated rings. The van der Waals surface area contributed by atoms with Crippen molar-refractivity contribution in [3.63, 3.8) is 0 Å². The SMILES string of the molecule is COC(OC)[C@H](C)NC(=O)Nc1cccc(C)n1. The fraction of sp³-hybridized carbons (Fsp3) is 0.500. The highest BCUT2D eigenvalue weighted by Gasteiger charge is 2.17. The first-order chi connectivity index (χ1) is 8.56. The van der Waals surface area contributed by atoms with Gasteiger partial charge in [0.25, 0.3) is 0 Å². The van der Waals surface area contributed by atoms with E-state index in [0.717, 1.165) is 5.69 Å². The molecular formula is C12H19N3O3. The Hall–Kier alpha value is -1.66. The van der Waals surface area contributed by atoms with E-state index in [2.05, 4.69) is 15.6 Å². The largest absolute Gasteiger partial charge is 0.354 e. The van der Waals surface area contributed by atoms with Gasteiger partial charge in [-0.15, -0.1) is 0 Å². The number of methoxy groups -OCH3 is 2. The lowest BCUT2D eigenvalue weighted by Crippen LogP contribution is -2.44. The van der Waals surface area contributed by atoms with Crippen LogP contribution in [0.5, 0.6) is 0 Å². The van der Waals surface area contributed by atoms with Gasteiger partial charge in [0.1, 0.15) is 5.82 Å². The van der Waals surface area contributed by atoms with Crippen LogP contribution in [-0.2, 0) is 9.47 Å². The minimum absolute atomic E-state index is 0.273. The Morgan fingerprint density at radius 3 is 2.56 bits per heavy atom. The van der Waals surface area contributed by atoms with Crippen LogP contribution in [-0.4, -0.2) is 37.6 Å². The quantitative estimate of drug-likeness (QED) is 0.780. The molecule has 18 heavy (non-hydrogen) atoms. The average Bonchev–Trinajstić information content (AvgIpc) is 2.30. The molecule has 0 aromatic carbocycles. The van der Waals surface area contributed by atoms with Gasteiger partial charge in [-0.3, -0.25) is 5.32 Å². The Kier molecular flexibility index (Phi) is 5.54. The van der Waals surface area contributed by atoms with Gasteiger partial charge in [-0.05, 0) is 26.0 Å². The maximum Gasteiger partial charge on any atom is 0.320 e. The first-order valence-electron chi connectivity index (χ1n) is 5.63. The highest BCUT2D eigenvalue weighted by Crippen LogP contribution is 2.04. The van der Waals surface area contributed by atoms with E-state index in [1.165, 1.54) is 14.2 Å². The van der Waals surface area contributed by atoms with Crippen molar-refractivity contribution < 1.29 is 14.3 Å². The lowest BCUT2D eigenvalue weighted by molar-refractivity contribution is -0.117. The summed E-state index contributed by atoms with van der Waals surface area (Å²) >= 11 is 0. The molecular weight excluding hydrogens is 234 g/mol. The first kappa shape index (κ1) is 14.4. The van der Waals surface area contributed by atoms with Crippen molar-refractivity contribution in [3.8, 4) is 0 Å². The van der Waals surface area contributed by atoms with E-state index in [0.29, 0.717) is 5.82 Å². The van der Waals surface area contributed by atoms with Crippen LogP contribution in [0.4, 0.5) is 10.6 Å². The lowest BCUT2D eigenvalue weighted by Gasteiger charge is -2.22. The van der Waals surface area contributed by atoms with Gasteiger partial charge in [-0.25, -0.2) is 9.78 Å². The third-order valence-electron chi connectivity index (χ3n) is 2.36. The second-order valence-corrected chi connectivity index (χ2v) is 3.89. The van der Waals surface area contributed by atoms with Crippen LogP contribution in [0.2, 0.25) is 0 Å². The molecule has 0 aliphatic carbocycles. The van der Waals surface area contributed by atoms with Crippen LogP contribution in [0, 0.1) is 6.92 Å². The molecule has 6 heteroatoms. The molecule has 1 aromatic heterocycles. The van der Waals surface area contributed by atoms with Crippen molar-refractivity contribution in [1.82, 2.24) is 10.3 Å². The van der Waals surface area contributed by atoms with Crippen LogP contribution in [0.3, 0.4) is 0 Å². The van der Waals surface area contributed by atoms with E-state index >= 15 is 0 Å². The molecule has 0 spiro atoms. The van der Waals surface area contributed by atoms with Gasteiger partial charge >= 0.3 is 6.03 Å². The van der Waals surface area contributed by atoms with Gasteiger partial charge in [0, 0.05) is 19.9 Å². The standard InChI is InChI=1S/C12H19N3O3/c1-8-6-5-7-10(13-8)15-12(16)14-9(2)11(17-3)18-4/h5-7,9,11H,1-4H3,(H2,13,14,15,16)/t9-/m0/s1. The molecule has 1 heterocycles. The summed E-state index contributed by atoms with van der Waals surface area (Å²) in [4.78, 5) is 15.9. The number of rotatable bonds is 5. The molecule has 1 atom stereocenters. The summed E-state index contributed by atoms with van der Waals surface area (Å²) < 4.78 is 10.1. The second-order valence-electron chi connectivity index (χ2n) is 3.89. The van der Waals surface area contributed by atoms with Crippen LogP contribution < -0.4 is 10.6 Å². The average molecular weight is 253 g/mol. The highest BCUT2D eigenvalue weighted by molar-refractivity contribution is 5.88. The van der Waals surface area contributed by atoms with Crippen LogP contribution in [0.15, 0.2) is 18.2 Å². The summed E-state index contributed by atoms with van der Waals surface area (Å²) in [5.74, 6) is 0.506. The van der Waals surface area contributed by atoms with E-state index in [1.54, 1.807) is 13.0 Å². The third kappa shape index (κ3) is 4.31. The fourth-order valence-electron chi connectivity index (χ4n) is 1.54. The molecule has 0 radical (unpaired) electrons. The van der Waals surface area contributed by atoms with Crippen molar-refractivity contribution >= 4 is 11.8 Å². The molecule has 100 valence electrons. The number of nitrogens with zero attached hydrogens (tertiary/aromatic N) is 1. The number of amides is 2. The van der Waals surface area contributed by atoms with Crippen LogP contribution in [0.25, 0.3) is 0 Å². The smallest absolute Gasteiger partial charge is 0.320 e. The van der Waals surface area contributed by atoms with Gasteiger partial charge in [0.05, 0.1) is 6.04 Å². The Balaban J connectivity index is 2.51. The van der Waals surface area contributed by atoms with Crippen LogP contribution in [0.1, 0.15) is 12.6 Å². The van der Waals surface area contributed by atoms with E-state index in [9.17, 15) is 4.79 Å². The first-order valence-corrected chi connectivity index (χ1v) is 5.63. The minimum atomic E-state index is -0.485. The zero-order chi connectivity index (χ0) is 13.5. The molecule has 6 nitrogen and oxygen atoms in total. The molecule has 1 rings (SSSR count). The number of aryl methyl sites for hydroxylation is 1. The topological polar surface area (TPSA) is 72.5 Å². The summed E-state index contributed by atoms with van der Waals surface area (Å²) in [6, 6.07) is 4.79. The number of pyridine rings is 1. The van der Waals surface area contributed by atoms with E-state index < -0.39 is 6.29 Å². The Labute approximate surface area is 107 Å². The molecule has 1 aromatic rings. The maximum atomic E-state index is 11.7. The Bertz CT molecular complexity index is 394. The molecule has 0 aliphatic rings. The van der Waals surface area contributed by atoms with Gasteiger partial charge in [-0.1, -0.05) is 6.07 Å². The summed E-state index contributed by atoms with van der Waals surface area (Å²) in [5, 5.41) is 5.35. The number of ether oxygens (including phenoxy) is 2. The van der Waals surface area contributed by atoms with E-state index in [1.807, 2.05) is 19.1 Å². The monoisotopic (exact) mass is 253 g/mol. The lowest BCUT2D eigenvalue weighted by atomic mass is 10.3. The van der Waals surface area contributed by atoms with Gasteiger partial charge in [-0.2, -0.15) is 0 Å². The zero-order valence-electron chi connectivity index (χ0n) is 11.1. The fourth-order valence-corrected chi connectivity index (χ4v) is 1.54. The molecule has 2 N–H and O–H groups in total. The van der Waals surface area contributed by atoms with Gasteiger partial charge < -0.3 is 14.8 Å². The Morgan fingerprint density at radius 1 is 1.33 bits per heavy atom. The predicted molar refractivity (Wildman–Crippen MR) is 68.4 cm³/mol. The molecule has 0 bridgehead atoms. The molecule has 0 saturated carbocycles. The second kappa shape index (κ2) is 6.93. The maximum absolute atomic E-state index is 11.7. The van der Waals surface area contributed by atoms with E-state index in [-0.39, 0.29) is 12.1 Å². The predicted octanol–water partition coefficient (Wildman–Crippen LogP) is 1.52. The normalized spacial score (nSPS) is 12.3. The number of urea groups is 1. The summed E-state index contributed by atoms with van der Waals surface area (Å²) in [6.07, 6.45) is -0.485.